The molecule has 7 nitrogen and oxygen atoms in total. The summed E-state index contributed by atoms with van der Waals surface area (Å²) in [6.07, 6.45) is 0.0110. The number of ether oxygens (including phenoxy) is 2. The van der Waals surface area contributed by atoms with Crippen LogP contribution in [0.1, 0.15) is 30.1 Å². The maximum Gasteiger partial charge on any atom is 0.319 e. The van der Waals surface area contributed by atoms with Gasteiger partial charge in [0.05, 0.1) is 24.8 Å². The van der Waals surface area contributed by atoms with Crippen molar-refractivity contribution in [2.75, 3.05) is 32.9 Å². The monoisotopic (exact) mass is 344 g/mol. The number of carboxylic acids is 1. The first-order valence-corrected chi connectivity index (χ1v) is 8.29. The highest BCUT2D eigenvalue weighted by atomic mass is 16.5. The Morgan fingerprint density at radius 1 is 1.28 bits per heavy atom. The van der Waals surface area contributed by atoms with Gasteiger partial charge in [0, 0.05) is 19.8 Å². The van der Waals surface area contributed by atoms with E-state index in [2.05, 4.69) is 6.07 Å². The minimum atomic E-state index is -1.41. The van der Waals surface area contributed by atoms with Crippen molar-refractivity contribution < 1.29 is 24.2 Å². The largest absolute Gasteiger partial charge is 0.480 e. The molecule has 2 fully saturated rings. The highest BCUT2D eigenvalue weighted by Gasteiger charge is 2.50. The summed E-state index contributed by atoms with van der Waals surface area (Å²) >= 11 is 0. The van der Waals surface area contributed by atoms with Crippen LogP contribution in [-0.2, 0) is 19.1 Å². The summed E-state index contributed by atoms with van der Waals surface area (Å²) in [4.78, 5) is 26.4. The summed E-state index contributed by atoms with van der Waals surface area (Å²) in [5, 5.41) is 18.7. The van der Waals surface area contributed by atoms with Crippen LogP contribution < -0.4 is 0 Å². The number of nitriles is 1. The van der Waals surface area contributed by atoms with E-state index in [0.717, 1.165) is 5.56 Å². The van der Waals surface area contributed by atoms with Crippen molar-refractivity contribution in [2.24, 2.45) is 5.41 Å². The number of nitrogens with zero attached hydrogens (tertiary/aromatic N) is 2. The molecule has 2 aliphatic heterocycles. The summed E-state index contributed by atoms with van der Waals surface area (Å²) < 4.78 is 11.0. The van der Waals surface area contributed by atoms with Crippen molar-refractivity contribution >= 4 is 11.9 Å². The Morgan fingerprint density at radius 2 is 2.04 bits per heavy atom. The average Bonchev–Trinajstić information content (AvgIpc) is 2.68. The Kier molecular flexibility index (Phi) is 5.02. The summed E-state index contributed by atoms with van der Waals surface area (Å²) in [5.41, 5.74) is -0.0712. The number of benzene rings is 1. The summed E-state index contributed by atoms with van der Waals surface area (Å²) in [5.74, 6) is -1.46. The first kappa shape index (κ1) is 17.4. The van der Waals surface area contributed by atoms with Crippen LogP contribution in [0.4, 0.5) is 0 Å². The third-order valence-corrected chi connectivity index (χ3v) is 4.91. The lowest BCUT2D eigenvalue weighted by Gasteiger charge is -2.40. The lowest BCUT2D eigenvalue weighted by molar-refractivity contribution is -0.171. The number of hydrogen-bond donors (Lipinski definition) is 1. The number of amides is 1. The van der Waals surface area contributed by atoms with Gasteiger partial charge in [-0.3, -0.25) is 9.59 Å². The van der Waals surface area contributed by atoms with Gasteiger partial charge >= 0.3 is 5.97 Å². The predicted molar refractivity (Wildman–Crippen MR) is 86.6 cm³/mol. The highest BCUT2D eigenvalue weighted by molar-refractivity contribution is 6.02. The Morgan fingerprint density at radius 3 is 2.72 bits per heavy atom. The van der Waals surface area contributed by atoms with Gasteiger partial charge in [0.25, 0.3) is 0 Å². The second-order valence-corrected chi connectivity index (χ2v) is 6.35. The van der Waals surface area contributed by atoms with E-state index in [4.69, 9.17) is 14.7 Å². The number of carbonyl (C=O) groups excluding carboxylic acids is 1. The molecule has 0 radical (unpaired) electrons. The number of aliphatic carboxylic acids is 1. The van der Waals surface area contributed by atoms with Gasteiger partial charge in [-0.25, -0.2) is 0 Å². The molecule has 25 heavy (non-hydrogen) atoms. The molecule has 1 atom stereocenters. The molecular formula is C18H20N2O5. The fourth-order valence-corrected chi connectivity index (χ4v) is 3.39. The Bertz CT molecular complexity index is 706. The van der Waals surface area contributed by atoms with Crippen LogP contribution >= 0.6 is 0 Å². The summed E-state index contributed by atoms with van der Waals surface area (Å²) in [6, 6.07) is 9.15. The van der Waals surface area contributed by atoms with Gasteiger partial charge < -0.3 is 19.5 Å². The average molecular weight is 344 g/mol. The van der Waals surface area contributed by atoms with E-state index in [-0.39, 0.29) is 44.6 Å². The zero-order chi connectivity index (χ0) is 17.9. The zero-order valence-electron chi connectivity index (χ0n) is 13.8. The molecule has 7 heteroatoms. The molecule has 1 aromatic carbocycles. The lowest BCUT2D eigenvalue weighted by atomic mass is 9.78. The van der Waals surface area contributed by atoms with E-state index in [9.17, 15) is 14.7 Å². The zero-order valence-corrected chi connectivity index (χ0v) is 13.8. The van der Waals surface area contributed by atoms with Crippen LogP contribution in [-0.4, -0.2) is 54.8 Å². The molecular weight excluding hydrogens is 324 g/mol. The van der Waals surface area contributed by atoms with Crippen molar-refractivity contribution in [3.63, 3.8) is 0 Å². The first-order valence-electron chi connectivity index (χ1n) is 8.29. The van der Waals surface area contributed by atoms with Crippen molar-refractivity contribution in [1.29, 1.82) is 5.26 Å². The van der Waals surface area contributed by atoms with Crippen LogP contribution in [0.3, 0.4) is 0 Å². The third-order valence-electron chi connectivity index (χ3n) is 4.91. The summed E-state index contributed by atoms with van der Waals surface area (Å²) in [7, 11) is 0. The standard InChI is InChI=1S/C18H20N2O5/c19-11-13-2-1-3-14(10-13)15-12-20(6-9-25-15)16(21)18(17(22)23)4-7-24-8-5-18/h1-3,10,15H,4-9,12H2,(H,22,23). The molecule has 1 amide bonds. The molecule has 1 unspecified atom stereocenters. The molecule has 132 valence electrons. The van der Waals surface area contributed by atoms with Crippen molar-refractivity contribution in [1.82, 2.24) is 4.90 Å². The van der Waals surface area contributed by atoms with E-state index in [0.29, 0.717) is 18.7 Å². The molecule has 1 N–H and O–H groups in total. The van der Waals surface area contributed by atoms with Crippen molar-refractivity contribution in [3.05, 3.63) is 35.4 Å². The van der Waals surface area contributed by atoms with Gasteiger partial charge in [0.1, 0.15) is 6.10 Å². The second kappa shape index (κ2) is 7.21. The normalized spacial score (nSPS) is 22.8. The predicted octanol–water partition coefficient (Wildman–Crippen LogP) is 1.34. The molecule has 0 aromatic heterocycles. The second-order valence-electron chi connectivity index (χ2n) is 6.35. The third kappa shape index (κ3) is 3.36. The fraction of sp³-hybridized carbons (Fsp3) is 0.500. The minimum absolute atomic E-state index is 0.188. The molecule has 0 bridgehead atoms. The number of rotatable bonds is 3. The van der Waals surface area contributed by atoms with Gasteiger partial charge in [-0.05, 0) is 30.5 Å². The van der Waals surface area contributed by atoms with E-state index < -0.39 is 11.4 Å². The van der Waals surface area contributed by atoms with Crippen LogP contribution in [0.15, 0.2) is 24.3 Å². The highest BCUT2D eigenvalue weighted by Crippen LogP contribution is 2.35. The first-order chi connectivity index (χ1) is 12.1. The van der Waals surface area contributed by atoms with Gasteiger partial charge in [-0.2, -0.15) is 5.26 Å². The number of carboxylic acid groups (broad SMARTS) is 1. The number of morpholine rings is 1. The van der Waals surface area contributed by atoms with E-state index >= 15 is 0 Å². The van der Waals surface area contributed by atoms with E-state index in [1.165, 1.54) is 0 Å². The molecule has 2 saturated heterocycles. The molecule has 0 spiro atoms. The number of hydrogen-bond acceptors (Lipinski definition) is 5. The maximum atomic E-state index is 13.0. The molecule has 2 aliphatic rings. The maximum absolute atomic E-state index is 13.0. The molecule has 3 rings (SSSR count). The Hall–Kier alpha value is -2.43. The van der Waals surface area contributed by atoms with E-state index in [1.54, 1.807) is 23.1 Å². The molecule has 2 heterocycles. The molecule has 1 aromatic rings. The van der Waals surface area contributed by atoms with Gasteiger partial charge in [0.2, 0.25) is 5.91 Å². The fourth-order valence-electron chi connectivity index (χ4n) is 3.39. The van der Waals surface area contributed by atoms with Gasteiger partial charge in [-0.1, -0.05) is 12.1 Å². The van der Waals surface area contributed by atoms with Crippen LogP contribution in [0.5, 0.6) is 0 Å². The van der Waals surface area contributed by atoms with Crippen molar-refractivity contribution in [2.45, 2.75) is 18.9 Å². The van der Waals surface area contributed by atoms with Crippen LogP contribution in [0, 0.1) is 16.7 Å². The van der Waals surface area contributed by atoms with E-state index in [1.807, 2.05) is 6.07 Å². The lowest BCUT2D eigenvalue weighted by Crippen LogP contribution is -2.54. The SMILES string of the molecule is N#Cc1cccc(C2CN(C(=O)C3(C(=O)O)CCOCC3)CCO2)c1. The minimum Gasteiger partial charge on any atom is -0.480 e. The van der Waals surface area contributed by atoms with Crippen LogP contribution in [0.2, 0.25) is 0 Å². The number of carbonyl (C=O) groups is 2. The van der Waals surface area contributed by atoms with Crippen molar-refractivity contribution in [3.8, 4) is 6.07 Å². The smallest absolute Gasteiger partial charge is 0.319 e. The Balaban J connectivity index is 1.79. The Labute approximate surface area is 145 Å². The molecule has 0 saturated carbocycles. The van der Waals surface area contributed by atoms with Crippen LogP contribution in [0.25, 0.3) is 0 Å². The molecule has 0 aliphatic carbocycles. The topological polar surface area (TPSA) is 99.9 Å². The van der Waals surface area contributed by atoms with Gasteiger partial charge in [0.15, 0.2) is 5.41 Å². The quantitative estimate of drug-likeness (QED) is 0.831. The summed E-state index contributed by atoms with van der Waals surface area (Å²) in [6.45, 7) is 1.53. The van der Waals surface area contributed by atoms with Gasteiger partial charge in [-0.15, -0.1) is 0 Å².